The average molecular weight is 2030 g/mol. The number of thiazole rings is 2. The monoisotopic (exact) mass is 2030 g/mol. The quantitative estimate of drug-likeness (QED) is 0.0903. The summed E-state index contributed by atoms with van der Waals surface area (Å²) in [5.74, 6) is 2.56. The van der Waals surface area contributed by atoms with Gasteiger partial charge in [0.05, 0.1) is 103 Å². The summed E-state index contributed by atoms with van der Waals surface area (Å²) in [5.41, 5.74) is 13.2. The molecule has 0 unspecified atom stereocenters. The number of amidine groups is 4. The molecule has 7 aliphatic rings. The molecule has 4 saturated heterocycles. The molecular weight excluding hydrogens is 1940 g/mol. The van der Waals surface area contributed by atoms with Crippen molar-refractivity contribution < 1.29 is 48.0 Å². The van der Waals surface area contributed by atoms with Gasteiger partial charge in [0.15, 0.2) is 48.5 Å². The summed E-state index contributed by atoms with van der Waals surface area (Å²) in [6.07, 6.45) is 9.37. The van der Waals surface area contributed by atoms with E-state index in [9.17, 15) is 33.9 Å². The number of hydrogen-bond donors (Lipinski definition) is 2. The Bertz CT molecular complexity index is 8340. The SMILES string of the molecule is Cn1c(=O)sc2cc(/C=C3\SC(=Nc4ccccc4)N(c4ccccc4)C3=O)ccc21.O=C1/C(=C/c2ccc3c(c2)OCCO3)SC(=Nc2ccccc2)N1c1ccccc1.O=C1/C(=C/c2ccc3c(c2)OCO3)SC(=Nc2ccccc2)N1c1ccccc1.O=C1/C(=C/c2ccccc2)SC(=Nc2ccccc2)N1c1ccccc1.O=C1N=c2ccc(=Cc3sc(=Nc4ccccc4)n(-c4ccccc4)c3O)cc2N1. The van der Waals surface area contributed by atoms with Crippen LogP contribution < -0.4 is 64.1 Å². The van der Waals surface area contributed by atoms with Crippen LogP contribution in [0, 0.1) is 0 Å². The third-order valence-electron chi connectivity index (χ3n) is 22.6. The number of nitrogens with one attached hydrogen (secondary N) is 1. The van der Waals surface area contributed by atoms with Crippen molar-refractivity contribution in [2.24, 2.45) is 37.0 Å². The van der Waals surface area contributed by atoms with Gasteiger partial charge in [0, 0.05) is 7.05 Å². The number of rotatable bonds is 15. The second kappa shape index (κ2) is 45.2. The summed E-state index contributed by atoms with van der Waals surface area (Å²) < 4.78 is 26.3. The molecule has 6 amide bonds. The fourth-order valence-electron chi connectivity index (χ4n) is 15.6. The summed E-state index contributed by atoms with van der Waals surface area (Å²) >= 11 is 8.06. The third-order valence-corrected chi connectivity index (χ3v) is 28.4. The first-order chi connectivity index (χ1) is 71.6. The van der Waals surface area contributed by atoms with Crippen molar-refractivity contribution in [1.29, 1.82) is 0 Å². The number of fused-ring (bicyclic) bond motifs is 4. The molecule has 7 aliphatic heterocycles. The van der Waals surface area contributed by atoms with E-state index >= 15 is 0 Å². The summed E-state index contributed by atoms with van der Waals surface area (Å²) in [7, 11) is 1.76. The normalized spacial score (nSPS) is 16.8. The summed E-state index contributed by atoms with van der Waals surface area (Å²) in [5, 5.41) is 17.7. The Morgan fingerprint density at radius 3 is 1.08 bits per heavy atom. The van der Waals surface area contributed by atoms with Crippen LogP contribution in [-0.2, 0) is 26.2 Å². The molecule has 17 aromatic rings. The van der Waals surface area contributed by atoms with Gasteiger partial charge in [0.1, 0.15) is 13.2 Å². The third kappa shape index (κ3) is 22.8. The molecule has 24 rings (SSSR count). The zero-order valence-electron chi connectivity index (χ0n) is 77.5. The second-order valence-corrected chi connectivity index (χ2v) is 38.5. The zero-order chi connectivity index (χ0) is 99.6. The Morgan fingerprint density at radius 2 is 0.664 bits per heavy atom. The molecule has 0 bridgehead atoms. The van der Waals surface area contributed by atoms with E-state index in [1.165, 1.54) is 69.7 Å². The standard InChI is InChI=1S/C24H17N3O2S2.C24H18N2O3S.C23H16N4O2S.C23H16N2O3S.C22H16N2OS/c1-26-19-13-12-16(14-20(19)31-24(26)29)15-21-22(28)27(18-10-6-3-7-11-18)23(30-21)25-17-8-4-2-5-9-17;27-23-22(16-17-11-12-20-21(15-17)29-14-13-28-20)30-24(25-18-7-3-1-4-8-18)26(23)19-9-5-2-6-10-19;28-21-20(14-15-11-12-18-19(13-15)26-22(29)25-18)30-23(24-16-7-3-1-4-8-16)27(21)17-9-5-2-6-10-17;26-22-21(14-16-11-12-19-20(13-16)28-15-27-19)29-23(24-17-7-3-1-4-8-17)25(22)18-9-5-2-6-10-18;25-21-20(16-17-10-4-1-5-11-17)26-22(23-18-12-6-2-7-13-18)24(21)19-14-8-3-9-15-19/h2-15H,1H3;1-12,15-16H,13-14H2;1-14,28H,(H,26,29);1-14H,15H2;1-16H/b21-15-,25-23?;22-16-,25-24?;;21-14-,24-23?;20-16-,23-22?. The fraction of sp³-hybridized carbons (Fsp3) is 0.0345. The van der Waals surface area contributed by atoms with E-state index in [2.05, 4.69) is 10.3 Å². The lowest BCUT2D eigenvalue weighted by Gasteiger charge is -2.18. The number of aromatic nitrogens is 2. The molecule has 0 saturated carbocycles. The topological polar surface area (TPSA) is 269 Å². The number of carbonyl (C=O) groups is 5. The number of urea groups is 1. The Balaban J connectivity index is 0.000000111. The molecule has 0 spiro atoms. The highest BCUT2D eigenvalue weighted by atomic mass is 32.2. The minimum absolute atomic E-state index is 0.00125. The van der Waals surface area contributed by atoms with Gasteiger partial charge in [-0.05, 0) is 275 Å². The van der Waals surface area contributed by atoms with E-state index in [0.717, 1.165) is 106 Å². The Hall–Kier alpha value is -17.5. The van der Waals surface area contributed by atoms with Crippen LogP contribution in [0.4, 0.5) is 61.7 Å². The van der Waals surface area contributed by atoms with Gasteiger partial charge in [-0.15, -0.1) is 0 Å². The van der Waals surface area contributed by atoms with Crippen molar-refractivity contribution in [3.8, 4) is 34.6 Å². The zero-order valence-corrected chi connectivity index (χ0v) is 82.4. The number of amides is 6. The number of thioether (sulfide) groups is 4. The van der Waals surface area contributed by atoms with Gasteiger partial charge < -0.3 is 33.9 Å². The predicted molar refractivity (Wildman–Crippen MR) is 592 cm³/mol. The number of anilines is 5. The van der Waals surface area contributed by atoms with Crippen LogP contribution in [0.25, 0.3) is 46.3 Å². The van der Waals surface area contributed by atoms with E-state index in [0.29, 0.717) is 85.7 Å². The first-order valence-electron chi connectivity index (χ1n) is 45.9. The fourth-order valence-corrected chi connectivity index (χ4v) is 21.6. The van der Waals surface area contributed by atoms with E-state index in [1.54, 1.807) is 41.8 Å². The van der Waals surface area contributed by atoms with Gasteiger partial charge >= 0.3 is 10.9 Å². The van der Waals surface area contributed by atoms with E-state index in [1.807, 2.05) is 431 Å². The van der Waals surface area contributed by atoms with Crippen molar-refractivity contribution >= 4 is 218 Å². The van der Waals surface area contributed by atoms with Crippen LogP contribution >= 0.6 is 69.7 Å². The van der Waals surface area contributed by atoms with Crippen molar-refractivity contribution in [2.45, 2.75) is 0 Å². The van der Waals surface area contributed by atoms with Crippen LogP contribution in [-0.4, -0.2) is 84.6 Å². The van der Waals surface area contributed by atoms with Crippen molar-refractivity contribution in [1.82, 2.24) is 9.13 Å². The lowest BCUT2D eigenvalue weighted by Crippen LogP contribution is -2.28. The summed E-state index contributed by atoms with van der Waals surface area (Å²) in [6, 6.07) is 128. The molecule has 0 radical (unpaired) electrons. The highest BCUT2D eigenvalue weighted by Gasteiger charge is 2.39. The number of hydrogen-bond acceptors (Lipinski definition) is 22. The molecule has 15 aromatic carbocycles. The van der Waals surface area contributed by atoms with Crippen molar-refractivity contribution in [2.75, 3.05) is 44.9 Å². The maximum Gasteiger partial charge on any atom is 0.346 e. The van der Waals surface area contributed by atoms with Crippen LogP contribution in [0.5, 0.6) is 28.9 Å². The first kappa shape index (κ1) is 96.0. The second-order valence-electron chi connectivity index (χ2n) is 32.5. The van der Waals surface area contributed by atoms with E-state index < -0.39 is 0 Å². The maximum absolute atomic E-state index is 13.3. The smallest absolute Gasteiger partial charge is 0.346 e. The number of aryl methyl sites for hydroxylation is 1. The lowest BCUT2D eigenvalue weighted by molar-refractivity contribution is -0.114. The van der Waals surface area contributed by atoms with Gasteiger partial charge in [-0.25, -0.2) is 29.8 Å². The number of aliphatic imine (C=N–C) groups is 4. The average Bonchev–Trinajstić information content (AvgIpc) is 1.64. The Morgan fingerprint density at radius 1 is 0.329 bits per heavy atom. The van der Waals surface area contributed by atoms with Gasteiger partial charge in [0.2, 0.25) is 12.7 Å². The van der Waals surface area contributed by atoms with E-state index in [4.69, 9.17) is 43.9 Å². The van der Waals surface area contributed by atoms with E-state index in [-0.39, 0.29) is 47.2 Å². The number of benzene rings is 15. The lowest BCUT2D eigenvalue weighted by atomic mass is 10.1. The largest absolute Gasteiger partial charge is 0.493 e. The Labute approximate surface area is 862 Å². The van der Waals surface area contributed by atoms with Crippen LogP contribution in [0.15, 0.2) is 461 Å². The molecule has 9 heterocycles. The predicted octanol–water partition coefficient (Wildman–Crippen LogP) is 24.9. The minimum Gasteiger partial charge on any atom is -0.493 e. The molecule has 2 N–H and O–H groups in total. The molecule has 24 nitrogen and oxygen atoms in total. The van der Waals surface area contributed by atoms with Gasteiger partial charge in [-0.1, -0.05) is 259 Å². The molecular formula is C116H83N13O11S6. The first-order valence-corrected chi connectivity index (χ1v) is 50.8. The van der Waals surface area contributed by atoms with Crippen LogP contribution in [0.2, 0.25) is 0 Å². The maximum atomic E-state index is 13.3. The minimum atomic E-state index is -0.369. The van der Waals surface area contributed by atoms with Gasteiger partial charge in [0.25, 0.3) is 23.6 Å². The van der Waals surface area contributed by atoms with Gasteiger partial charge in [-0.2, -0.15) is 4.99 Å². The molecule has 0 aliphatic carbocycles. The number of carbonyl (C=O) groups excluding carboxylic acids is 5. The molecule has 0 atom stereocenters. The van der Waals surface area contributed by atoms with Crippen molar-refractivity contribution in [3.63, 3.8) is 0 Å². The number of aromatic hydroxyl groups is 1. The number of nitrogens with zero attached hydrogens (tertiary/aromatic N) is 12. The Kier molecular flexibility index (Phi) is 29.7. The highest BCUT2D eigenvalue weighted by molar-refractivity contribution is 8.20. The molecule has 30 heteroatoms. The molecule has 146 heavy (non-hydrogen) atoms. The van der Waals surface area contributed by atoms with Gasteiger partial charge in [-0.3, -0.25) is 48.1 Å². The van der Waals surface area contributed by atoms with Crippen LogP contribution in [0.1, 0.15) is 27.1 Å². The van der Waals surface area contributed by atoms with Crippen LogP contribution in [0.3, 0.4) is 0 Å². The number of ether oxygens (including phenoxy) is 4. The highest BCUT2D eigenvalue weighted by Crippen LogP contribution is 2.45. The summed E-state index contributed by atoms with van der Waals surface area (Å²) in [6.45, 7) is 1.29. The summed E-state index contributed by atoms with van der Waals surface area (Å²) in [4.78, 5) is 114. The molecule has 4 fully saturated rings. The number of para-hydroxylation sites is 10. The van der Waals surface area contributed by atoms with Crippen molar-refractivity contribution in [3.05, 3.63) is 478 Å². The molecule has 714 valence electrons. The molecule has 2 aromatic heterocycles.